The Morgan fingerprint density at radius 3 is 1.88 bits per heavy atom. The lowest BCUT2D eigenvalue weighted by atomic mass is 9.38. The standard InChI is InChI=1S/C20H26BCl2N/c1-4-5-11-24-12-10-21(17-8-6-15(2)19(22)13-17)18-9-7-16(3)20(23)14-18/h6-9,13-14,24H,4-5,10-12H2,1-3H3. The molecule has 24 heavy (non-hydrogen) atoms. The SMILES string of the molecule is CCCCNCCB(c1ccc(C)c(Cl)c1)c1ccc(C)c(Cl)c1. The number of halogens is 2. The van der Waals surface area contributed by atoms with Crippen molar-refractivity contribution in [3.05, 3.63) is 57.6 Å². The Morgan fingerprint density at radius 2 is 1.42 bits per heavy atom. The zero-order valence-corrected chi connectivity index (χ0v) is 16.3. The molecule has 2 aromatic rings. The Bertz CT molecular complexity index is 621. The quantitative estimate of drug-likeness (QED) is 0.534. The molecule has 0 bridgehead atoms. The topological polar surface area (TPSA) is 12.0 Å². The highest BCUT2D eigenvalue weighted by atomic mass is 35.5. The molecule has 0 spiro atoms. The molecule has 0 aliphatic carbocycles. The largest absolute Gasteiger partial charge is 0.317 e. The monoisotopic (exact) mass is 361 g/mol. The van der Waals surface area contributed by atoms with Gasteiger partial charge in [0, 0.05) is 10.0 Å². The molecule has 4 heteroatoms. The van der Waals surface area contributed by atoms with E-state index in [1.807, 2.05) is 13.8 Å². The maximum atomic E-state index is 6.36. The van der Waals surface area contributed by atoms with Crippen LogP contribution in [0.2, 0.25) is 16.4 Å². The second kappa shape index (κ2) is 9.51. The van der Waals surface area contributed by atoms with Crippen LogP contribution in [-0.4, -0.2) is 19.8 Å². The maximum absolute atomic E-state index is 6.36. The number of aryl methyl sites for hydroxylation is 2. The first-order chi connectivity index (χ1) is 11.5. The van der Waals surface area contributed by atoms with E-state index in [2.05, 4.69) is 48.6 Å². The average molecular weight is 362 g/mol. The summed E-state index contributed by atoms with van der Waals surface area (Å²) in [7, 11) is 0. The van der Waals surface area contributed by atoms with Crippen molar-refractivity contribution in [1.29, 1.82) is 0 Å². The number of hydrogen-bond donors (Lipinski definition) is 1. The number of rotatable bonds is 8. The van der Waals surface area contributed by atoms with Crippen LogP contribution >= 0.6 is 23.2 Å². The van der Waals surface area contributed by atoms with E-state index in [9.17, 15) is 0 Å². The molecule has 0 unspecified atom stereocenters. The summed E-state index contributed by atoms with van der Waals surface area (Å²) in [4.78, 5) is 0. The van der Waals surface area contributed by atoms with E-state index < -0.39 is 0 Å². The molecular weight excluding hydrogens is 336 g/mol. The first-order valence-corrected chi connectivity index (χ1v) is 9.51. The summed E-state index contributed by atoms with van der Waals surface area (Å²) in [6, 6.07) is 12.8. The van der Waals surface area contributed by atoms with Gasteiger partial charge in [0.1, 0.15) is 0 Å². The molecule has 1 N–H and O–H groups in total. The van der Waals surface area contributed by atoms with E-state index in [4.69, 9.17) is 23.2 Å². The van der Waals surface area contributed by atoms with Crippen molar-refractivity contribution in [1.82, 2.24) is 5.32 Å². The van der Waals surface area contributed by atoms with Crippen molar-refractivity contribution in [3.63, 3.8) is 0 Å². The number of unbranched alkanes of at least 4 members (excludes halogenated alkanes) is 1. The van der Waals surface area contributed by atoms with Crippen LogP contribution < -0.4 is 16.2 Å². The summed E-state index contributed by atoms with van der Waals surface area (Å²) in [5.74, 6) is 0. The minimum Gasteiger partial charge on any atom is -0.317 e. The first kappa shape index (κ1) is 19.4. The zero-order valence-electron chi connectivity index (χ0n) is 14.8. The molecule has 0 aliphatic rings. The molecule has 2 rings (SSSR count). The molecule has 0 saturated heterocycles. The van der Waals surface area contributed by atoms with E-state index in [-0.39, 0.29) is 0 Å². The summed E-state index contributed by atoms with van der Waals surface area (Å²) in [6.45, 7) is 8.66. The van der Waals surface area contributed by atoms with Gasteiger partial charge < -0.3 is 5.32 Å². The number of hydrogen-bond acceptors (Lipinski definition) is 1. The van der Waals surface area contributed by atoms with Crippen LogP contribution in [0.1, 0.15) is 30.9 Å². The van der Waals surface area contributed by atoms with Crippen LogP contribution in [0.25, 0.3) is 0 Å². The van der Waals surface area contributed by atoms with E-state index in [1.54, 1.807) is 0 Å². The van der Waals surface area contributed by atoms with Crippen LogP contribution in [0, 0.1) is 13.8 Å². The summed E-state index contributed by atoms with van der Waals surface area (Å²) >= 11 is 12.7. The highest BCUT2D eigenvalue weighted by molar-refractivity contribution is 6.85. The normalized spacial score (nSPS) is 10.9. The molecule has 0 amide bonds. The van der Waals surface area contributed by atoms with Gasteiger partial charge in [0.15, 0.2) is 0 Å². The highest BCUT2D eigenvalue weighted by Gasteiger charge is 2.20. The molecule has 128 valence electrons. The minimum absolute atomic E-state index is 0.301. The lowest BCUT2D eigenvalue weighted by Crippen LogP contribution is -2.44. The van der Waals surface area contributed by atoms with Crippen molar-refractivity contribution in [2.45, 2.75) is 39.9 Å². The summed E-state index contributed by atoms with van der Waals surface area (Å²) in [5, 5.41) is 5.20. The lowest BCUT2D eigenvalue weighted by molar-refractivity contribution is 0.662. The van der Waals surface area contributed by atoms with Crippen LogP contribution in [0.4, 0.5) is 0 Å². The smallest absolute Gasteiger partial charge is 0.210 e. The molecule has 0 aliphatic heterocycles. The summed E-state index contributed by atoms with van der Waals surface area (Å²) < 4.78 is 0. The fraction of sp³-hybridized carbons (Fsp3) is 0.400. The molecule has 1 nitrogen and oxygen atoms in total. The van der Waals surface area contributed by atoms with Gasteiger partial charge in [-0.15, -0.1) is 0 Å². The molecule has 2 aromatic carbocycles. The Labute approximate surface area is 156 Å². The van der Waals surface area contributed by atoms with Crippen LogP contribution in [0.15, 0.2) is 36.4 Å². The molecule has 0 radical (unpaired) electrons. The summed E-state index contributed by atoms with van der Waals surface area (Å²) in [5.41, 5.74) is 4.73. The second-order valence-electron chi connectivity index (χ2n) is 6.46. The van der Waals surface area contributed by atoms with Gasteiger partial charge in [-0.25, -0.2) is 0 Å². The third-order valence-electron chi connectivity index (χ3n) is 4.51. The predicted molar refractivity (Wildman–Crippen MR) is 110 cm³/mol. The van der Waals surface area contributed by atoms with Crippen molar-refractivity contribution in [3.8, 4) is 0 Å². The van der Waals surface area contributed by atoms with E-state index >= 15 is 0 Å². The highest BCUT2D eigenvalue weighted by Crippen LogP contribution is 2.15. The molecule has 0 heterocycles. The summed E-state index contributed by atoms with van der Waals surface area (Å²) in [6.07, 6.45) is 3.47. The minimum atomic E-state index is 0.301. The second-order valence-corrected chi connectivity index (χ2v) is 7.28. The third kappa shape index (κ3) is 5.27. The lowest BCUT2D eigenvalue weighted by Gasteiger charge is -2.17. The van der Waals surface area contributed by atoms with Gasteiger partial charge in [-0.2, -0.15) is 0 Å². The number of nitrogens with one attached hydrogen (secondary N) is 1. The van der Waals surface area contributed by atoms with Gasteiger partial charge in [-0.05, 0) is 56.6 Å². The van der Waals surface area contributed by atoms with Crippen molar-refractivity contribution < 1.29 is 0 Å². The van der Waals surface area contributed by atoms with Gasteiger partial charge in [0.25, 0.3) is 0 Å². The first-order valence-electron chi connectivity index (χ1n) is 8.75. The van der Waals surface area contributed by atoms with Crippen molar-refractivity contribution in [2.24, 2.45) is 0 Å². The molecule has 0 saturated carbocycles. The molecule has 0 atom stereocenters. The van der Waals surface area contributed by atoms with Crippen LogP contribution in [0.5, 0.6) is 0 Å². The maximum Gasteiger partial charge on any atom is 0.210 e. The Hall–Kier alpha value is -0.955. The zero-order chi connectivity index (χ0) is 17.5. The van der Waals surface area contributed by atoms with E-state index in [0.717, 1.165) is 40.6 Å². The van der Waals surface area contributed by atoms with Crippen molar-refractivity contribution >= 4 is 40.8 Å². The van der Waals surface area contributed by atoms with Crippen LogP contribution in [0.3, 0.4) is 0 Å². The Kier molecular flexibility index (Phi) is 7.67. The Balaban J connectivity index is 2.23. The van der Waals surface area contributed by atoms with Gasteiger partial charge in [0.05, 0.1) is 0 Å². The molecule has 0 aromatic heterocycles. The third-order valence-corrected chi connectivity index (χ3v) is 5.33. The predicted octanol–water partition coefficient (Wildman–Crippen LogP) is 4.61. The van der Waals surface area contributed by atoms with E-state index in [1.165, 1.54) is 23.8 Å². The van der Waals surface area contributed by atoms with Gasteiger partial charge in [-0.3, -0.25) is 0 Å². The van der Waals surface area contributed by atoms with Gasteiger partial charge >= 0.3 is 0 Å². The molecule has 0 fully saturated rings. The number of benzene rings is 2. The van der Waals surface area contributed by atoms with Gasteiger partial charge in [0.2, 0.25) is 6.71 Å². The van der Waals surface area contributed by atoms with Crippen LogP contribution in [-0.2, 0) is 0 Å². The fourth-order valence-corrected chi connectivity index (χ4v) is 3.23. The van der Waals surface area contributed by atoms with Gasteiger partial charge in [-0.1, -0.05) is 78.1 Å². The van der Waals surface area contributed by atoms with E-state index in [0.29, 0.717) is 6.71 Å². The fourth-order valence-electron chi connectivity index (χ4n) is 2.85. The average Bonchev–Trinajstić information content (AvgIpc) is 2.56. The van der Waals surface area contributed by atoms with Crippen molar-refractivity contribution in [2.75, 3.05) is 13.1 Å². The Morgan fingerprint density at radius 1 is 0.875 bits per heavy atom. The molecular formula is C20H26BCl2N.